The fourth-order valence-corrected chi connectivity index (χ4v) is 4.64. The Kier molecular flexibility index (Phi) is 9.36. The van der Waals surface area contributed by atoms with Crippen LogP contribution in [0.2, 0.25) is 0 Å². The number of hydrogen-bond acceptors (Lipinski definition) is 1. The van der Waals surface area contributed by atoms with Crippen molar-refractivity contribution in [1.29, 1.82) is 0 Å². The van der Waals surface area contributed by atoms with Gasteiger partial charge in [0.1, 0.15) is 0 Å². The monoisotopic (exact) mass is 428 g/mol. The largest absolute Gasteiger partial charge is 0.490 e. The van der Waals surface area contributed by atoms with Crippen molar-refractivity contribution >= 4 is 0 Å². The highest BCUT2D eigenvalue weighted by Crippen LogP contribution is 2.37. The summed E-state index contributed by atoms with van der Waals surface area (Å²) >= 11 is 0. The second-order valence-corrected chi connectivity index (χ2v) is 9.29. The average molecular weight is 429 g/mol. The summed E-state index contributed by atoms with van der Waals surface area (Å²) < 4.78 is 34.8. The lowest BCUT2D eigenvalue weighted by Gasteiger charge is -2.26. The zero-order valence-electron chi connectivity index (χ0n) is 19.3. The van der Waals surface area contributed by atoms with Crippen molar-refractivity contribution in [3.05, 3.63) is 53.6 Å². The van der Waals surface area contributed by atoms with E-state index in [1.54, 1.807) is 12.1 Å². The van der Waals surface area contributed by atoms with Crippen LogP contribution in [-0.4, -0.2) is 6.61 Å². The van der Waals surface area contributed by atoms with Crippen LogP contribution in [0.5, 0.6) is 5.75 Å². The van der Waals surface area contributed by atoms with Gasteiger partial charge >= 0.3 is 0 Å². The molecule has 0 aromatic heterocycles. The first kappa shape index (κ1) is 23.8. The number of rotatable bonds is 11. The minimum atomic E-state index is -0.884. The molecule has 3 heteroatoms. The van der Waals surface area contributed by atoms with E-state index < -0.39 is 11.6 Å². The molecule has 1 saturated carbocycles. The molecule has 1 aliphatic rings. The normalized spacial score (nSPS) is 18.8. The maximum absolute atomic E-state index is 14.7. The van der Waals surface area contributed by atoms with Crippen LogP contribution in [-0.2, 0) is 0 Å². The van der Waals surface area contributed by atoms with E-state index in [0.29, 0.717) is 23.7 Å². The van der Waals surface area contributed by atoms with Gasteiger partial charge in [-0.3, -0.25) is 0 Å². The van der Waals surface area contributed by atoms with Gasteiger partial charge in [0.2, 0.25) is 5.82 Å². The van der Waals surface area contributed by atoms with Crippen molar-refractivity contribution < 1.29 is 13.5 Å². The summed E-state index contributed by atoms with van der Waals surface area (Å²) in [5.74, 6) is -0.282. The van der Waals surface area contributed by atoms with Crippen molar-refractivity contribution in [2.24, 2.45) is 5.92 Å². The SMILES string of the molecule is CCCCCCCCCOc1ccc(-c2ccc(C3CCC(C)CC3)cc2)c(F)c1F. The van der Waals surface area contributed by atoms with Crippen LogP contribution >= 0.6 is 0 Å². The molecule has 0 spiro atoms. The lowest BCUT2D eigenvalue weighted by atomic mass is 9.79. The third-order valence-electron chi connectivity index (χ3n) is 6.76. The van der Waals surface area contributed by atoms with E-state index in [-0.39, 0.29) is 5.75 Å². The molecule has 2 aromatic carbocycles. The summed E-state index contributed by atoms with van der Waals surface area (Å²) in [6, 6.07) is 11.2. The van der Waals surface area contributed by atoms with Gasteiger partial charge < -0.3 is 4.74 Å². The fraction of sp³-hybridized carbons (Fsp3) is 0.571. The molecule has 0 radical (unpaired) electrons. The maximum Gasteiger partial charge on any atom is 0.201 e. The molecule has 0 aliphatic heterocycles. The Bertz CT molecular complexity index is 791. The predicted molar refractivity (Wildman–Crippen MR) is 126 cm³/mol. The smallest absolute Gasteiger partial charge is 0.201 e. The van der Waals surface area contributed by atoms with Gasteiger partial charge in [-0.15, -0.1) is 0 Å². The predicted octanol–water partition coefficient (Wildman–Crippen LogP) is 9.05. The van der Waals surface area contributed by atoms with Crippen LogP contribution in [0, 0.1) is 17.6 Å². The van der Waals surface area contributed by atoms with Crippen LogP contribution in [0.4, 0.5) is 8.78 Å². The van der Waals surface area contributed by atoms with E-state index in [1.165, 1.54) is 63.4 Å². The van der Waals surface area contributed by atoms with Gasteiger partial charge in [-0.2, -0.15) is 4.39 Å². The zero-order valence-corrected chi connectivity index (χ0v) is 19.3. The summed E-state index contributed by atoms with van der Waals surface area (Å²) in [4.78, 5) is 0. The number of unbranched alkanes of at least 4 members (excludes halogenated alkanes) is 6. The molecule has 0 bridgehead atoms. The molecule has 1 fully saturated rings. The molecule has 0 unspecified atom stereocenters. The molecule has 31 heavy (non-hydrogen) atoms. The fourth-order valence-electron chi connectivity index (χ4n) is 4.64. The molecule has 0 saturated heterocycles. The van der Waals surface area contributed by atoms with Crippen molar-refractivity contribution in [2.45, 2.75) is 90.4 Å². The Morgan fingerprint density at radius 2 is 1.42 bits per heavy atom. The quantitative estimate of drug-likeness (QED) is 0.324. The highest BCUT2D eigenvalue weighted by atomic mass is 19.2. The van der Waals surface area contributed by atoms with Crippen LogP contribution in [0.15, 0.2) is 36.4 Å². The highest BCUT2D eigenvalue weighted by molar-refractivity contribution is 5.65. The van der Waals surface area contributed by atoms with Gasteiger partial charge in [0, 0.05) is 5.56 Å². The van der Waals surface area contributed by atoms with Gasteiger partial charge in [-0.05, 0) is 54.4 Å². The minimum absolute atomic E-state index is 0.0141. The van der Waals surface area contributed by atoms with Gasteiger partial charge in [0.15, 0.2) is 11.6 Å². The summed E-state index contributed by atoms with van der Waals surface area (Å²) in [6.07, 6.45) is 13.1. The molecule has 0 amide bonds. The summed E-state index contributed by atoms with van der Waals surface area (Å²) in [7, 11) is 0. The average Bonchev–Trinajstić information content (AvgIpc) is 2.79. The van der Waals surface area contributed by atoms with Gasteiger partial charge in [-0.25, -0.2) is 4.39 Å². The number of halogens is 2. The highest BCUT2D eigenvalue weighted by Gasteiger charge is 2.20. The maximum atomic E-state index is 14.7. The van der Waals surface area contributed by atoms with Crippen LogP contribution in [0.25, 0.3) is 11.1 Å². The van der Waals surface area contributed by atoms with E-state index in [2.05, 4.69) is 26.0 Å². The third kappa shape index (κ3) is 6.79. The van der Waals surface area contributed by atoms with Crippen molar-refractivity contribution in [1.82, 2.24) is 0 Å². The molecule has 170 valence electrons. The Balaban J connectivity index is 1.54. The number of hydrogen-bond donors (Lipinski definition) is 0. The molecule has 3 rings (SSSR count). The van der Waals surface area contributed by atoms with Gasteiger partial charge in [-0.1, -0.05) is 89.5 Å². The van der Waals surface area contributed by atoms with Crippen molar-refractivity contribution in [3.8, 4) is 16.9 Å². The molecule has 0 heterocycles. The third-order valence-corrected chi connectivity index (χ3v) is 6.76. The van der Waals surface area contributed by atoms with Crippen LogP contribution in [0.3, 0.4) is 0 Å². The molecule has 0 atom stereocenters. The standard InChI is InChI=1S/C28H38F2O/c1-3-4-5-6-7-8-9-20-31-26-19-18-25(27(29)28(26)30)24-16-14-23(15-17-24)22-12-10-21(2)11-13-22/h14-19,21-22H,3-13,20H2,1-2H3. The molecule has 1 nitrogen and oxygen atoms in total. The molecule has 0 N–H and O–H groups in total. The first-order chi connectivity index (χ1) is 15.1. The van der Waals surface area contributed by atoms with Gasteiger partial charge in [0.05, 0.1) is 6.61 Å². The Morgan fingerprint density at radius 3 is 2.10 bits per heavy atom. The number of ether oxygens (including phenoxy) is 1. The van der Waals surface area contributed by atoms with E-state index in [9.17, 15) is 8.78 Å². The molecular formula is C28H38F2O. The second-order valence-electron chi connectivity index (χ2n) is 9.29. The Hall–Kier alpha value is -1.90. The molecule has 2 aromatic rings. The lowest BCUT2D eigenvalue weighted by Crippen LogP contribution is -2.10. The van der Waals surface area contributed by atoms with Crippen molar-refractivity contribution in [2.75, 3.05) is 6.61 Å². The first-order valence-electron chi connectivity index (χ1n) is 12.3. The summed E-state index contributed by atoms with van der Waals surface area (Å²) in [5.41, 5.74) is 2.32. The van der Waals surface area contributed by atoms with E-state index in [4.69, 9.17) is 4.74 Å². The zero-order chi connectivity index (χ0) is 22.1. The van der Waals surface area contributed by atoms with Gasteiger partial charge in [0.25, 0.3) is 0 Å². The second kappa shape index (κ2) is 12.2. The van der Waals surface area contributed by atoms with Crippen molar-refractivity contribution in [3.63, 3.8) is 0 Å². The summed E-state index contributed by atoms with van der Waals surface area (Å²) in [6.45, 7) is 4.95. The Morgan fingerprint density at radius 1 is 0.774 bits per heavy atom. The Labute approximate surface area is 187 Å². The topological polar surface area (TPSA) is 9.23 Å². The minimum Gasteiger partial charge on any atom is -0.490 e. The van der Waals surface area contributed by atoms with Crippen LogP contribution in [0.1, 0.15) is 96.0 Å². The lowest BCUT2D eigenvalue weighted by molar-refractivity contribution is 0.285. The van der Waals surface area contributed by atoms with E-state index >= 15 is 0 Å². The first-order valence-corrected chi connectivity index (χ1v) is 12.3. The molecular weight excluding hydrogens is 390 g/mol. The van der Waals surface area contributed by atoms with E-state index in [1.807, 2.05) is 12.1 Å². The summed E-state index contributed by atoms with van der Waals surface area (Å²) in [5, 5.41) is 0. The molecule has 1 aliphatic carbocycles. The number of benzene rings is 2. The van der Waals surface area contributed by atoms with E-state index in [0.717, 1.165) is 18.8 Å². The van der Waals surface area contributed by atoms with Crippen LogP contribution < -0.4 is 4.74 Å².